The van der Waals surface area contributed by atoms with Gasteiger partial charge >= 0.3 is 5.97 Å². The van der Waals surface area contributed by atoms with Gasteiger partial charge in [-0.25, -0.2) is 19.6 Å². The summed E-state index contributed by atoms with van der Waals surface area (Å²) >= 11 is 0. The number of rotatable bonds is 8. The molecule has 2 aliphatic carbocycles. The summed E-state index contributed by atoms with van der Waals surface area (Å²) in [6.45, 7) is 16.6. The molecule has 0 N–H and O–H groups in total. The van der Waals surface area contributed by atoms with Crippen LogP contribution in [-0.2, 0) is 57.6 Å². The summed E-state index contributed by atoms with van der Waals surface area (Å²) in [6.07, 6.45) is 5.36. The van der Waals surface area contributed by atoms with Crippen molar-refractivity contribution in [3.8, 4) is 0 Å². The molecule has 16 atom stereocenters. The minimum Gasteiger partial charge on any atom is -0.435 e. The van der Waals surface area contributed by atoms with Gasteiger partial charge in [-0.1, -0.05) is 27.7 Å². The maximum absolute atomic E-state index is 13.2. The molecule has 0 radical (unpaired) electrons. The first-order chi connectivity index (χ1) is 25.8. The number of esters is 1. The quantitative estimate of drug-likeness (QED) is 0.246. The second kappa shape index (κ2) is 14.1. The Labute approximate surface area is 319 Å². The van der Waals surface area contributed by atoms with E-state index in [2.05, 4.69) is 32.6 Å². The first-order valence-corrected chi connectivity index (χ1v) is 21.1. The highest BCUT2D eigenvalue weighted by atomic mass is 17.3. The van der Waals surface area contributed by atoms with E-state index in [1.807, 2.05) is 18.7 Å². The molecule has 9 saturated heterocycles. The standard InChI is InChI=1S/C40H62N2O12/c1-23-7-9-29-25(3)33(47-35-39(29)27(23)13-15-37(5,49-35)51-53-39)45-22-21-41-17-19-42(20-18-41)31(43)11-12-32(44)46-34-26(4)30-10-8-24(2)28-14-16-38(6)50-36(48-34)40(28,30)54-52-38/h23-30,33-36H,7-22H2,1-6H3/t23-,24-,25-,26-,27?,28?,29?,30?,33+,34-,35-,36-,37-,38-,39-,40-/m1/s1. The molecule has 2 saturated carbocycles. The van der Waals surface area contributed by atoms with Crippen molar-refractivity contribution in [1.29, 1.82) is 0 Å². The number of piperazine rings is 1. The Bertz CT molecular complexity index is 1430. The SMILES string of the molecule is C[C@@H]1CCC2[C@@H](C)[C@H](OC(=O)CCC(=O)N3CCN(CCO[C@H]4O[C@@H]5O[C@@]6(C)CCC7[C@H](C)CCC([C@H]4C)[C@]75OO6)CC3)O[C@@H]3O[C@@]4(C)CCC1[C@@]23OO4. The van der Waals surface area contributed by atoms with Crippen molar-refractivity contribution < 1.29 is 57.6 Å². The number of hydrogen-bond acceptors (Lipinski definition) is 13. The van der Waals surface area contributed by atoms with Gasteiger partial charge in [0, 0.05) is 75.7 Å². The first-order valence-electron chi connectivity index (χ1n) is 21.1. The highest BCUT2D eigenvalue weighted by Gasteiger charge is 2.71. The lowest BCUT2D eigenvalue weighted by Crippen LogP contribution is -2.70. The average molecular weight is 763 g/mol. The molecule has 1 amide bonds. The third-order valence-corrected chi connectivity index (χ3v) is 15.4. The molecule has 304 valence electrons. The van der Waals surface area contributed by atoms with Crippen LogP contribution in [0.1, 0.15) is 106 Å². The van der Waals surface area contributed by atoms with E-state index in [9.17, 15) is 9.59 Å². The van der Waals surface area contributed by atoms with Gasteiger partial charge in [-0.15, -0.1) is 0 Å². The number of carbonyl (C=O) groups excluding carboxylic acids is 2. The van der Waals surface area contributed by atoms with Crippen LogP contribution in [0.15, 0.2) is 0 Å². The minimum absolute atomic E-state index is 0.000320. The van der Waals surface area contributed by atoms with Gasteiger partial charge in [0.25, 0.3) is 0 Å². The van der Waals surface area contributed by atoms with Crippen LogP contribution in [0.3, 0.4) is 0 Å². The highest BCUT2D eigenvalue weighted by molar-refractivity contribution is 5.81. The largest absolute Gasteiger partial charge is 0.435 e. The summed E-state index contributed by atoms with van der Waals surface area (Å²) in [4.78, 5) is 54.8. The Morgan fingerprint density at radius 2 is 1.19 bits per heavy atom. The lowest BCUT2D eigenvalue weighted by Gasteiger charge is -2.60. The van der Waals surface area contributed by atoms with Crippen LogP contribution in [0.25, 0.3) is 0 Å². The summed E-state index contributed by atoms with van der Waals surface area (Å²) in [6, 6.07) is 0. The monoisotopic (exact) mass is 762 g/mol. The van der Waals surface area contributed by atoms with E-state index in [4.69, 9.17) is 48.0 Å². The molecule has 11 aliphatic rings. The maximum atomic E-state index is 13.2. The zero-order valence-corrected chi connectivity index (χ0v) is 33.0. The van der Waals surface area contributed by atoms with Crippen LogP contribution in [0, 0.1) is 47.3 Å². The van der Waals surface area contributed by atoms with Gasteiger partial charge in [0.2, 0.25) is 23.8 Å². The van der Waals surface area contributed by atoms with E-state index < -0.39 is 47.6 Å². The molecule has 14 heteroatoms. The number of carbonyl (C=O) groups is 2. The summed E-state index contributed by atoms with van der Waals surface area (Å²) in [5.74, 6) is -0.330. The summed E-state index contributed by atoms with van der Waals surface area (Å²) in [5, 5.41) is 0. The molecule has 9 heterocycles. The molecular formula is C40H62N2O12. The zero-order valence-electron chi connectivity index (χ0n) is 33.0. The van der Waals surface area contributed by atoms with Gasteiger partial charge in [-0.3, -0.25) is 14.5 Å². The molecule has 14 nitrogen and oxygen atoms in total. The summed E-state index contributed by atoms with van der Waals surface area (Å²) < 4.78 is 38.2. The second-order valence-corrected chi connectivity index (χ2v) is 18.6. The third kappa shape index (κ3) is 6.19. The van der Waals surface area contributed by atoms with Crippen molar-refractivity contribution in [3.63, 3.8) is 0 Å². The first kappa shape index (κ1) is 38.1. The van der Waals surface area contributed by atoms with E-state index in [0.29, 0.717) is 37.5 Å². The highest BCUT2D eigenvalue weighted by Crippen LogP contribution is 2.62. The lowest BCUT2D eigenvalue weighted by atomic mass is 9.58. The van der Waals surface area contributed by atoms with Crippen LogP contribution >= 0.6 is 0 Å². The van der Waals surface area contributed by atoms with E-state index in [1.165, 1.54) is 0 Å². The van der Waals surface area contributed by atoms with Gasteiger partial charge in [-0.2, -0.15) is 0 Å². The average Bonchev–Trinajstić information content (AvgIpc) is 3.53. The number of hydrogen-bond donors (Lipinski definition) is 0. The van der Waals surface area contributed by atoms with Crippen molar-refractivity contribution >= 4 is 11.9 Å². The van der Waals surface area contributed by atoms with Gasteiger partial charge in [0.1, 0.15) is 0 Å². The molecule has 54 heavy (non-hydrogen) atoms. The number of amides is 1. The number of ether oxygens (including phenoxy) is 6. The van der Waals surface area contributed by atoms with Crippen LogP contribution < -0.4 is 0 Å². The molecule has 0 aromatic carbocycles. The zero-order chi connectivity index (χ0) is 37.6. The molecule has 11 rings (SSSR count). The molecule has 2 spiro atoms. The van der Waals surface area contributed by atoms with Crippen molar-refractivity contribution in [2.75, 3.05) is 39.3 Å². The molecule has 9 aliphatic heterocycles. The molecule has 0 aromatic rings. The van der Waals surface area contributed by atoms with Crippen LogP contribution in [0.4, 0.5) is 0 Å². The number of fused-ring (bicyclic) bond motifs is 4. The lowest BCUT2D eigenvalue weighted by molar-refractivity contribution is -0.577. The normalized spacial score (nSPS) is 51.1. The fourth-order valence-corrected chi connectivity index (χ4v) is 12.1. The Morgan fingerprint density at radius 1 is 0.648 bits per heavy atom. The minimum atomic E-state index is -0.894. The van der Waals surface area contributed by atoms with Crippen LogP contribution in [0.5, 0.6) is 0 Å². The van der Waals surface area contributed by atoms with Crippen molar-refractivity contribution in [2.24, 2.45) is 47.3 Å². The van der Waals surface area contributed by atoms with Gasteiger partial charge in [-0.05, 0) is 76.0 Å². The van der Waals surface area contributed by atoms with E-state index in [1.54, 1.807) is 0 Å². The smallest absolute Gasteiger partial charge is 0.308 e. The predicted molar refractivity (Wildman–Crippen MR) is 188 cm³/mol. The maximum Gasteiger partial charge on any atom is 0.308 e. The van der Waals surface area contributed by atoms with Crippen LogP contribution in [0.2, 0.25) is 0 Å². The van der Waals surface area contributed by atoms with E-state index >= 15 is 0 Å². The Balaban J connectivity index is 0.725. The third-order valence-electron chi connectivity index (χ3n) is 15.4. The number of nitrogens with zero attached hydrogens (tertiary/aromatic N) is 2. The molecular weight excluding hydrogens is 700 g/mol. The summed E-state index contributed by atoms with van der Waals surface area (Å²) in [7, 11) is 0. The molecule has 4 unspecified atom stereocenters. The van der Waals surface area contributed by atoms with Crippen molar-refractivity contribution in [1.82, 2.24) is 9.80 Å². The summed E-state index contributed by atoms with van der Waals surface area (Å²) in [5.41, 5.74) is -1.31. The fraction of sp³-hybridized carbons (Fsp3) is 0.950. The van der Waals surface area contributed by atoms with Crippen molar-refractivity contribution in [3.05, 3.63) is 0 Å². The molecule has 0 aromatic heterocycles. The second-order valence-electron chi connectivity index (χ2n) is 18.6. The van der Waals surface area contributed by atoms with Crippen LogP contribution in [-0.4, -0.2) is 109 Å². The fourth-order valence-electron chi connectivity index (χ4n) is 12.1. The predicted octanol–water partition coefficient (Wildman–Crippen LogP) is 4.89. The van der Waals surface area contributed by atoms with Gasteiger partial charge < -0.3 is 33.3 Å². The van der Waals surface area contributed by atoms with Crippen molar-refractivity contribution in [2.45, 2.75) is 154 Å². The Morgan fingerprint density at radius 3 is 1.76 bits per heavy atom. The molecule has 11 fully saturated rings. The molecule has 4 bridgehead atoms. The Hall–Kier alpha value is -1.46. The van der Waals surface area contributed by atoms with Gasteiger partial charge in [0.05, 0.1) is 13.0 Å². The van der Waals surface area contributed by atoms with E-state index in [-0.39, 0.29) is 54.6 Å². The van der Waals surface area contributed by atoms with Gasteiger partial charge in [0.15, 0.2) is 30.1 Å². The topological polar surface area (TPSA) is 133 Å². The van der Waals surface area contributed by atoms with E-state index in [0.717, 1.165) is 71.0 Å². The Kier molecular flexibility index (Phi) is 9.96.